The standard InChI is InChI=1S/C7H11FN2S/c1-11(2,8)7(6-10)4-3-5-9/h7H,3-4H2,1-2H3. The molecule has 0 amide bonds. The number of rotatable bonds is 3. The van der Waals surface area contributed by atoms with E-state index in [1.54, 1.807) is 0 Å². The van der Waals surface area contributed by atoms with Crippen LogP contribution in [0.5, 0.6) is 0 Å². The van der Waals surface area contributed by atoms with Crippen LogP contribution in [0.4, 0.5) is 3.89 Å². The molecule has 0 radical (unpaired) electrons. The number of nitriles is 2. The fourth-order valence-electron chi connectivity index (χ4n) is 0.666. The molecule has 0 aromatic rings. The van der Waals surface area contributed by atoms with E-state index >= 15 is 0 Å². The first-order valence-electron chi connectivity index (χ1n) is 3.20. The predicted molar refractivity (Wildman–Crippen MR) is 44.8 cm³/mol. The molecule has 0 aliphatic carbocycles. The molecule has 0 aliphatic heterocycles. The van der Waals surface area contributed by atoms with Gasteiger partial charge in [0.1, 0.15) is 5.25 Å². The summed E-state index contributed by atoms with van der Waals surface area (Å²) in [7, 11) is -2.30. The average Bonchev–Trinajstić information content (AvgIpc) is 1.87. The molecule has 2 nitrogen and oxygen atoms in total. The predicted octanol–water partition coefficient (Wildman–Crippen LogP) is 2.13. The van der Waals surface area contributed by atoms with Gasteiger partial charge in [0.15, 0.2) is 0 Å². The van der Waals surface area contributed by atoms with E-state index in [0.717, 1.165) is 0 Å². The molecule has 62 valence electrons. The highest BCUT2D eigenvalue weighted by atomic mass is 32.3. The van der Waals surface area contributed by atoms with Crippen molar-refractivity contribution in [2.75, 3.05) is 12.5 Å². The second kappa shape index (κ2) is 4.20. The van der Waals surface area contributed by atoms with Gasteiger partial charge in [0.25, 0.3) is 0 Å². The monoisotopic (exact) mass is 174 g/mol. The first-order valence-corrected chi connectivity index (χ1v) is 5.62. The van der Waals surface area contributed by atoms with E-state index in [0.29, 0.717) is 6.42 Å². The third kappa shape index (κ3) is 3.85. The summed E-state index contributed by atoms with van der Waals surface area (Å²) in [6, 6.07) is 3.79. The van der Waals surface area contributed by atoms with E-state index in [9.17, 15) is 3.89 Å². The Bertz CT molecular complexity index is 196. The lowest BCUT2D eigenvalue weighted by molar-refractivity contribution is 0.823. The van der Waals surface area contributed by atoms with Gasteiger partial charge in [-0.1, -0.05) is 10.4 Å². The molecule has 0 saturated heterocycles. The highest BCUT2D eigenvalue weighted by Crippen LogP contribution is 2.48. The van der Waals surface area contributed by atoms with Crippen molar-refractivity contribution in [3.8, 4) is 12.1 Å². The highest BCUT2D eigenvalue weighted by molar-refractivity contribution is 8.29. The fourth-order valence-corrected chi connectivity index (χ4v) is 1.59. The number of hydrogen-bond acceptors (Lipinski definition) is 2. The van der Waals surface area contributed by atoms with Gasteiger partial charge in [-0.3, -0.25) is 0 Å². The van der Waals surface area contributed by atoms with Crippen molar-refractivity contribution < 1.29 is 3.89 Å². The molecule has 0 aromatic heterocycles. The minimum atomic E-state index is -2.30. The van der Waals surface area contributed by atoms with Crippen LogP contribution in [0.25, 0.3) is 0 Å². The largest absolute Gasteiger partial charge is 0.198 e. The Labute approximate surface area is 68.2 Å². The van der Waals surface area contributed by atoms with Gasteiger partial charge < -0.3 is 0 Å². The summed E-state index contributed by atoms with van der Waals surface area (Å²) in [5.74, 6) is 0. The zero-order valence-electron chi connectivity index (χ0n) is 6.67. The van der Waals surface area contributed by atoms with Gasteiger partial charge in [-0.15, -0.1) is 0 Å². The van der Waals surface area contributed by atoms with Crippen molar-refractivity contribution >= 4 is 10.4 Å². The van der Waals surface area contributed by atoms with Crippen LogP contribution >= 0.6 is 10.4 Å². The molecule has 0 heterocycles. The summed E-state index contributed by atoms with van der Waals surface area (Å²) < 4.78 is 13.1. The van der Waals surface area contributed by atoms with Gasteiger partial charge in [0, 0.05) is 6.42 Å². The van der Waals surface area contributed by atoms with Gasteiger partial charge in [0.05, 0.1) is 12.1 Å². The number of nitrogens with zero attached hydrogens (tertiary/aromatic N) is 2. The van der Waals surface area contributed by atoms with Crippen LogP contribution in [0.1, 0.15) is 12.8 Å². The van der Waals surface area contributed by atoms with Gasteiger partial charge in [-0.05, 0) is 18.9 Å². The molecule has 4 heteroatoms. The Morgan fingerprint density at radius 2 is 2.00 bits per heavy atom. The van der Waals surface area contributed by atoms with E-state index in [4.69, 9.17) is 10.5 Å². The Balaban J connectivity index is 4.02. The maximum Gasteiger partial charge on any atom is 0.102 e. The average molecular weight is 174 g/mol. The molecular formula is C7H11FN2S. The molecule has 11 heavy (non-hydrogen) atoms. The third-order valence-corrected chi connectivity index (χ3v) is 3.03. The van der Waals surface area contributed by atoms with Crippen LogP contribution in [0.15, 0.2) is 0 Å². The van der Waals surface area contributed by atoms with E-state index in [2.05, 4.69) is 0 Å². The molecule has 0 aromatic carbocycles. The topological polar surface area (TPSA) is 47.6 Å². The Morgan fingerprint density at radius 3 is 2.27 bits per heavy atom. The zero-order chi connectivity index (χ0) is 8.91. The van der Waals surface area contributed by atoms with Crippen molar-refractivity contribution in [3.63, 3.8) is 0 Å². The van der Waals surface area contributed by atoms with Crippen LogP contribution in [-0.2, 0) is 0 Å². The van der Waals surface area contributed by atoms with Crippen molar-refractivity contribution in [3.05, 3.63) is 0 Å². The smallest absolute Gasteiger partial charge is 0.102 e. The van der Waals surface area contributed by atoms with Crippen molar-refractivity contribution in [2.24, 2.45) is 0 Å². The highest BCUT2D eigenvalue weighted by Gasteiger charge is 2.23. The SMILES string of the molecule is CS(C)(F)C(C#N)CCC#N. The number of hydrogen-bond donors (Lipinski definition) is 0. The maximum absolute atomic E-state index is 13.1. The molecule has 1 unspecified atom stereocenters. The van der Waals surface area contributed by atoms with Crippen LogP contribution in [-0.4, -0.2) is 17.8 Å². The van der Waals surface area contributed by atoms with Gasteiger partial charge >= 0.3 is 0 Å². The quantitative estimate of drug-likeness (QED) is 0.658. The van der Waals surface area contributed by atoms with E-state index in [1.807, 2.05) is 12.1 Å². The third-order valence-electron chi connectivity index (χ3n) is 1.34. The molecule has 0 fully saturated rings. The summed E-state index contributed by atoms with van der Waals surface area (Å²) in [5, 5.41) is 16.1. The minimum Gasteiger partial charge on any atom is -0.198 e. The normalized spacial score (nSPS) is 14.6. The second-order valence-corrected chi connectivity index (χ2v) is 5.72. The lowest BCUT2D eigenvalue weighted by Crippen LogP contribution is -2.10. The van der Waals surface area contributed by atoms with Crippen molar-refractivity contribution in [2.45, 2.75) is 18.1 Å². The molecular weight excluding hydrogens is 163 g/mol. The fraction of sp³-hybridized carbons (Fsp3) is 0.714. The van der Waals surface area contributed by atoms with Crippen molar-refractivity contribution in [1.29, 1.82) is 10.5 Å². The second-order valence-electron chi connectivity index (χ2n) is 2.59. The molecule has 0 saturated carbocycles. The van der Waals surface area contributed by atoms with Crippen LogP contribution in [0, 0.1) is 22.7 Å². The lowest BCUT2D eigenvalue weighted by Gasteiger charge is -2.24. The Morgan fingerprint density at radius 1 is 1.45 bits per heavy atom. The number of halogens is 1. The lowest BCUT2D eigenvalue weighted by atomic mass is 10.3. The first kappa shape index (κ1) is 10.3. The summed E-state index contributed by atoms with van der Waals surface area (Å²) in [6.45, 7) is 0. The zero-order valence-corrected chi connectivity index (χ0v) is 7.49. The Hall–Kier alpha value is -0.740. The molecule has 0 rings (SSSR count). The first-order chi connectivity index (χ1) is 5.02. The van der Waals surface area contributed by atoms with Crippen molar-refractivity contribution in [1.82, 2.24) is 0 Å². The van der Waals surface area contributed by atoms with Crippen LogP contribution < -0.4 is 0 Å². The molecule has 0 aliphatic rings. The van der Waals surface area contributed by atoms with E-state index in [-0.39, 0.29) is 6.42 Å². The minimum absolute atomic E-state index is 0.262. The summed E-state index contributed by atoms with van der Waals surface area (Å²) in [6.07, 6.45) is 3.50. The summed E-state index contributed by atoms with van der Waals surface area (Å²) in [4.78, 5) is 0. The van der Waals surface area contributed by atoms with Gasteiger partial charge in [-0.2, -0.15) is 14.4 Å². The summed E-state index contributed by atoms with van der Waals surface area (Å²) in [5.41, 5.74) is 0. The van der Waals surface area contributed by atoms with E-state index in [1.165, 1.54) is 12.5 Å². The summed E-state index contributed by atoms with van der Waals surface area (Å²) >= 11 is 0. The molecule has 1 atom stereocenters. The maximum atomic E-state index is 13.1. The van der Waals surface area contributed by atoms with E-state index < -0.39 is 15.7 Å². The molecule has 0 spiro atoms. The van der Waals surface area contributed by atoms with Crippen LogP contribution in [0.2, 0.25) is 0 Å². The van der Waals surface area contributed by atoms with Gasteiger partial charge in [-0.25, -0.2) is 0 Å². The van der Waals surface area contributed by atoms with Crippen LogP contribution in [0.3, 0.4) is 0 Å². The van der Waals surface area contributed by atoms with Gasteiger partial charge in [0.2, 0.25) is 0 Å². The molecule has 0 N–H and O–H groups in total. The Kier molecular flexibility index (Phi) is 3.92. The molecule has 0 bridgehead atoms.